The van der Waals surface area contributed by atoms with Gasteiger partial charge in [0.15, 0.2) is 0 Å². The molecular formula is C5H7FN4O. The molecule has 0 atom stereocenters. The average Bonchev–Trinajstić information content (AvgIpc) is 2.05. The fourth-order valence-electron chi connectivity index (χ4n) is 0.564. The quantitative estimate of drug-likeness (QED) is 0.464. The lowest BCUT2D eigenvalue weighted by molar-refractivity contribution is 0.368. The van der Waals surface area contributed by atoms with E-state index in [-0.39, 0.29) is 11.8 Å². The van der Waals surface area contributed by atoms with Crippen molar-refractivity contribution in [3.63, 3.8) is 0 Å². The lowest BCUT2D eigenvalue weighted by Crippen LogP contribution is -2.11. The minimum Gasteiger partial charge on any atom is -0.479 e. The van der Waals surface area contributed by atoms with Gasteiger partial charge >= 0.3 is 0 Å². The molecule has 0 unspecified atom stereocenters. The van der Waals surface area contributed by atoms with E-state index in [4.69, 9.17) is 5.84 Å². The molecule has 5 nitrogen and oxygen atoms in total. The van der Waals surface area contributed by atoms with Crippen molar-refractivity contribution in [2.45, 2.75) is 0 Å². The maximum absolute atomic E-state index is 12.6. The van der Waals surface area contributed by atoms with Gasteiger partial charge in [0.2, 0.25) is 11.8 Å². The summed E-state index contributed by atoms with van der Waals surface area (Å²) in [6.45, 7) is 0. The molecule has 0 radical (unpaired) electrons. The second kappa shape index (κ2) is 3.11. The first-order valence-electron chi connectivity index (χ1n) is 2.81. The third kappa shape index (κ3) is 1.53. The van der Waals surface area contributed by atoms with Crippen molar-refractivity contribution >= 4 is 5.95 Å². The van der Waals surface area contributed by atoms with Crippen molar-refractivity contribution in [1.82, 2.24) is 9.97 Å². The number of ether oxygens (including phenoxy) is 1. The topological polar surface area (TPSA) is 73.1 Å². The Balaban J connectivity index is 3.02. The maximum Gasteiger partial charge on any atom is 0.255 e. The number of nitrogens with zero attached hydrogens (tertiary/aromatic N) is 2. The lowest BCUT2D eigenvalue weighted by Gasteiger charge is -2.01. The molecule has 60 valence electrons. The van der Waals surface area contributed by atoms with Crippen molar-refractivity contribution in [2.75, 3.05) is 12.5 Å². The number of hydrogen-bond acceptors (Lipinski definition) is 5. The SMILES string of the molecule is COc1nc(NN)ncc1F. The highest BCUT2D eigenvalue weighted by Crippen LogP contribution is 2.12. The van der Waals surface area contributed by atoms with Gasteiger partial charge in [-0.25, -0.2) is 10.8 Å². The number of methoxy groups -OCH3 is 1. The van der Waals surface area contributed by atoms with Crippen LogP contribution < -0.4 is 16.0 Å². The number of aromatic nitrogens is 2. The van der Waals surface area contributed by atoms with Crippen LogP contribution in [0.4, 0.5) is 10.3 Å². The number of nitrogens with two attached hydrogens (primary N) is 1. The van der Waals surface area contributed by atoms with Crippen LogP contribution >= 0.6 is 0 Å². The van der Waals surface area contributed by atoms with E-state index in [0.717, 1.165) is 6.20 Å². The minimum absolute atomic E-state index is 0.114. The summed E-state index contributed by atoms with van der Waals surface area (Å²) in [5.41, 5.74) is 2.16. The summed E-state index contributed by atoms with van der Waals surface area (Å²) in [7, 11) is 1.31. The van der Waals surface area contributed by atoms with Gasteiger partial charge in [-0.15, -0.1) is 0 Å². The van der Waals surface area contributed by atoms with E-state index in [1.165, 1.54) is 7.11 Å². The van der Waals surface area contributed by atoms with E-state index in [2.05, 4.69) is 20.1 Å². The normalized spacial score (nSPS) is 9.36. The molecule has 0 fully saturated rings. The third-order valence-corrected chi connectivity index (χ3v) is 1.03. The number of nitrogen functional groups attached to an aromatic ring is 1. The lowest BCUT2D eigenvalue weighted by atomic mass is 10.6. The first kappa shape index (κ1) is 7.67. The number of halogens is 1. The molecule has 0 aliphatic rings. The van der Waals surface area contributed by atoms with Crippen LogP contribution in [-0.4, -0.2) is 17.1 Å². The van der Waals surface area contributed by atoms with Crippen LogP contribution in [0.3, 0.4) is 0 Å². The molecule has 0 aliphatic carbocycles. The highest BCUT2D eigenvalue weighted by atomic mass is 19.1. The van der Waals surface area contributed by atoms with Crippen molar-refractivity contribution < 1.29 is 9.13 Å². The molecule has 3 N–H and O–H groups in total. The Hall–Kier alpha value is -1.43. The van der Waals surface area contributed by atoms with E-state index in [1.807, 2.05) is 0 Å². The fourth-order valence-corrected chi connectivity index (χ4v) is 0.564. The number of nitrogens with one attached hydrogen (secondary N) is 1. The molecule has 11 heavy (non-hydrogen) atoms. The zero-order chi connectivity index (χ0) is 8.27. The Bertz CT molecular complexity index is 254. The number of hydrazine groups is 1. The maximum atomic E-state index is 12.6. The molecule has 1 aromatic rings. The first-order chi connectivity index (χ1) is 5.27. The Kier molecular flexibility index (Phi) is 2.17. The summed E-state index contributed by atoms with van der Waals surface area (Å²) in [5, 5.41) is 0. The van der Waals surface area contributed by atoms with E-state index < -0.39 is 5.82 Å². The first-order valence-corrected chi connectivity index (χ1v) is 2.81. The molecule has 0 bridgehead atoms. The molecule has 1 rings (SSSR count). The Labute approximate surface area is 62.4 Å². The molecule has 0 amide bonds. The van der Waals surface area contributed by atoms with Crippen LogP contribution in [-0.2, 0) is 0 Å². The van der Waals surface area contributed by atoms with Gasteiger partial charge in [0, 0.05) is 0 Å². The van der Waals surface area contributed by atoms with Crippen LogP contribution in [0.15, 0.2) is 6.20 Å². The van der Waals surface area contributed by atoms with Gasteiger partial charge in [0.05, 0.1) is 13.3 Å². The van der Waals surface area contributed by atoms with Gasteiger partial charge in [-0.05, 0) is 0 Å². The Morgan fingerprint density at radius 1 is 1.73 bits per heavy atom. The summed E-state index contributed by atoms with van der Waals surface area (Å²) < 4.78 is 17.2. The molecule has 0 saturated carbocycles. The largest absolute Gasteiger partial charge is 0.479 e. The minimum atomic E-state index is -0.619. The number of rotatable bonds is 2. The highest BCUT2D eigenvalue weighted by Gasteiger charge is 2.04. The zero-order valence-corrected chi connectivity index (χ0v) is 5.84. The molecule has 6 heteroatoms. The van der Waals surface area contributed by atoms with Crippen molar-refractivity contribution in [3.05, 3.63) is 12.0 Å². The van der Waals surface area contributed by atoms with Crippen molar-refractivity contribution in [3.8, 4) is 5.88 Å². The molecule has 1 heterocycles. The summed E-state index contributed by atoms with van der Waals surface area (Å²) in [6, 6.07) is 0. The monoisotopic (exact) mass is 158 g/mol. The van der Waals surface area contributed by atoms with E-state index in [1.54, 1.807) is 0 Å². The predicted molar refractivity (Wildman–Crippen MR) is 36.4 cm³/mol. The summed E-state index contributed by atoms with van der Waals surface area (Å²) in [4.78, 5) is 7.07. The highest BCUT2D eigenvalue weighted by molar-refractivity contribution is 5.26. The number of anilines is 1. The summed E-state index contributed by atoms with van der Waals surface area (Å²) >= 11 is 0. The molecular weight excluding hydrogens is 151 g/mol. The molecule has 0 aliphatic heterocycles. The molecule has 0 spiro atoms. The Morgan fingerprint density at radius 3 is 3.00 bits per heavy atom. The van der Waals surface area contributed by atoms with Gasteiger partial charge in [0.25, 0.3) is 5.88 Å². The Morgan fingerprint density at radius 2 is 2.45 bits per heavy atom. The van der Waals surface area contributed by atoms with Crippen LogP contribution in [0.2, 0.25) is 0 Å². The summed E-state index contributed by atoms with van der Waals surface area (Å²) in [6.07, 6.45) is 0.973. The van der Waals surface area contributed by atoms with Gasteiger partial charge in [-0.1, -0.05) is 0 Å². The van der Waals surface area contributed by atoms with Crippen LogP contribution in [0, 0.1) is 5.82 Å². The van der Waals surface area contributed by atoms with Crippen LogP contribution in [0.5, 0.6) is 5.88 Å². The average molecular weight is 158 g/mol. The standard InChI is InChI=1S/C5H7FN4O/c1-11-4-3(6)2-8-5(9-4)10-7/h2H,7H2,1H3,(H,8,9,10). The summed E-state index contributed by atoms with van der Waals surface area (Å²) in [5.74, 6) is 4.33. The molecule has 0 aromatic carbocycles. The van der Waals surface area contributed by atoms with Crippen LogP contribution in [0.1, 0.15) is 0 Å². The van der Waals surface area contributed by atoms with Crippen LogP contribution in [0.25, 0.3) is 0 Å². The second-order valence-corrected chi connectivity index (χ2v) is 1.70. The van der Waals surface area contributed by atoms with Gasteiger partial charge < -0.3 is 4.74 Å². The van der Waals surface area contributed by atoms with E-state index >= 15 is 0 Å². The third-order valence-electron chi connectivity index (χ3n) is 1.03. The molecule has 0 saturated heterocycles. The van der Waals surface area contributed by atoms with Gasteiger partial charge in [-0.3, -0.25) is 5.43 Å². The van der Waals surface area contributed by atoms with Gasteiger partial charge in [0.1, 0.15) is 0 Å². The fraction of sp³-hybridized carbons (Fsp3) is 0.200. The van der Waals surface area contributed by atoms with E-state index in [9.17, 15) is 4.39 Å². The smallest absolute Gasteiger partial charge is 0.255 e. The van der Waals surface area contributed by atoms with Crippen molar-refractivity contribution in [2.24, 2.45) is 5.84 Å². The predicted octanol–water partition coefficient (Wildman–Crippen LogP) is -0.0901. The zero-order valence-electron chi connectivity index (χ0n) is 5.84. The van der Waals surface area contributed by atoms with E-state index in [0.29, 0.717) is 0 Å². The van der Waals surface area contributed by atoms with Crippen molar-refractivity contribution in [1.29, 1.82) is 0 Å². The number of hydrogen-bond donors (Lipinski definition) is 2. The van der Waals surface area contributed by atoms with Gasteiger partial charge in [-0.2, -0.15) is 9.37 Å². The second-order valence-electron chi connectivity index (χ2n) is 1.70. The molecule has 1 aromatic heterocycles.